The van der Waals surface area contributed by atoms with Crippen molar-refractivity contribution in [3.8, 4) is 0 Å². The Kier molecular flexibility index (Phi) is 58.3. The zero-order valence-electron chi connectivity index (χ0n) is 48.1. The quantitative estimate of drug-likeness (QED) is 0.0261. The second-order valence-electron chi connectivity index (χ2n) is 20.6. The second-order valence-corrected chi connectivity index (χ2v) is 20.6. The molecule has 1 unspecified atom stereocenters. The largest absolute Gasteiger partial charge is 0.462 e. The number of rotatable bonds is 56. The van der Waals surface area contributed by atoms with Gasteiger partial charge in [-0.2, -0.15) is 0 Å². The van der Waals surface area contributed by atoms with Crippen molar-refractivity contribution in [2.45, 2.75) is 309 Å². The van der Waals surface area contributed by atoms with Gasteiger partial charge in [0.25, 0.3) is 0 Å². The summed E-state index contributed by atoms with van der Waals surface area (Å²) in [4.78, 5) is 38.1. The van der Waals surface area contributed by atoms with Crippen LogP contribution in [0, 0.1) is 0 Å². The molecule has 6 nitrogen and oxygen atoms in total. The van der Waals surface area contributed by atoms with Gasteiger partial charge in [-0.3, -0.25) is 14.4 Å². The van der Waals surface area contributed by atoms with Gasteiger partial charge in [0.2, 0.25) is 0 Å². The summed E-state index contributed by atoms with van der Waals surface area (Å²) < 4.78 is 16.8. The van der Waals surface area contributed by atoms with Gasteiger partial charge in [0.05, 0.1) is 0 Å². The molecule has 1 atom stereocenters. The molecule has 0 aromatic heterocycles. The maximum absolute atomic E-state index is 12.8. The lowest BCUT2D eigenvalue weighted by atomic mass is 10.0. The molecular formula is C67H116O6. The minimum absolute atomic E-state index is 0.0855. The van der Waals surface area contributed by atoms with E-state index in [2.05, 4.69) is 106 Å². The van der Waals surface area contributed by atoms with Crippen molar-refractivity contribution in [1.29, 1.82) is 0 Å². The molecule has 0 aliphatic heterocycles. The predicted molar refractivity (Wildman–Crippen MR) is 316 cm³/mol. The van der Waals surface area contributed by atoms with E-state index >= 15 is 0 Å². The van der Waals surface area contributed by atoms with Crippen LogP contribution in [0.3, 0.4) is 0 Å². The summed E-state index contributed by atoms with van der Waals surface area (Å²) >= 11 is 0. The van der Waals surface area contributed by atoms with Crippen LogP contribution in [0.2, 0.25) is 0 Å². The fourth-order valence-electron chi connectivity index (χ4n) is 8.68. The highest BCUT2D eigenvalue weighted by Gasteiger charge is 2.19. The van der Waals surface area contributed by atoms with Crippen LogP contribution in [0.25, 0.3) is 0 Å². The Morgan fingerprint density at radius 3 is 0.890 bits per heavy atom. The minimum atomic E-state index is -0.789. The highest BCUT2D eigenvalue weighted by Crippen LogP contribution is 2.16. The van der Waals surface area contributed by atoms with Crippen molar-refractivity contribution in [2.24, 2.45) is 0 Å². The standard InChI is InChI=1S/C67H116O6/c1-4-7-10-13-16-19-22-24-26-27-28-29-30-31-32-33-34-35-36-37-38-39-41-42-45-48-51-54-57-60-66(69)72-63-64(62-71-65(68)59-56-53-50-47-44-21-18-15-12-9-6-3)73-67(70)61-58-55-52-49-46-43-40-25-23-20-17-14-11-8-5-2/h8,11,15,17-18,20,22,24-25,27-28,30-31,40,64H,4-7,9-10,12-14,16,19,21,23,26,29,32-39,41-63H2,1-3H3/b11-8-,18-15-,20-17-,24-22-,28-27-,31-30-,40-25-. The Morgan fingerprint density at radius 2 is 0.548 bits per heavy atom. The SMILES string of the molecule is CC/C=C\C/C=C\C/C=C\CCCCCCCC(=O)OC(COC(=O)CCCCCCC/C=C\CCCC)COC(=O)CCCCCCCCCCCCCCCC/C=C\C/C=C\C/C=C\CCCCCCC. The summed E-state index contributed by atoms with van der Waals surface area (Å²) in [6, 6.07) is 0. The lowest BCUT2D eigenvalue weighted by Gasteiger charge is -2.18. The van der Waals surface area contributed by atoms with Gasteiger partial charge >= 0.3 is 17.9 Å². The summed E-state index contributed by atoms with van der Waals surface area (Å²) in [6.45, 7) is 6.47. The van der Waals surface area contributed by atoms with Gasteiger partial charge in [-0.25, -0.2) is 0 Å². The number of esters is 3. The normalized spacial score (nSPS) is 12.6. The van der Waals surface area contributed by atoms with Gasteiger partial charge in [0, 0.05) is 19.3 Å². The Hall–Kier alpha value is -3.41. The summed E-state index contributed by atoms with van der Waals surface area (Å²) in [5.41, 5.74) is 0. The average molecular weight is 1020 g/mol. The molecule has 0 N–H and O–H groups in total. The van der Waals surface area contributed by atoms with Gasteiger partial charge in [-0.05, 0) is 109 Å². The van der Waals surface area contributed by atoms with E-state index in [1.54, 1.807) is 0 Å². The van der Waals surface area contributed by atoms with Crippen molar-refractivity contribution < 1.29 is 28.6 Å². The molecule has 6 heteroatoms. The Morgan fingerprint density at radius 1 is 0.288 bits per heavy atom. The van der Waals surface area contributed by atoms with Crippen LogP contribution in [0.1, 0.15) is 303 Å². The molecule has 0 spiro atoms. The molecule has 420 valence electrons. The van der Waals surface area contributed by atoms with E-state index in [1.807, 2.05) is 0 Å². The van der Waals surface area contributed by atoms with Crippen molar-refractivity contribution in [3.05, 3.63) is 85.1 Å². The van der Waals surface area contributed by atoms with Crippen molar-refractivity contribution in [1.82, 2.24) is 0 Å². The molecular weight excluding hydrogens is 901 g/mol. The van der Waals surface area contributed by atoms with E-state index in [9.17, 15) is 14.4 Å². The molecule has 0 fully saturated rings. The first-order valence-electron chi connectivity index (χ1n) is 31.1. The second kappa shape index (κ2) is 61.1. The molecule has 0 rings (SSSR count). The maximum Gasteiger partial charge on any atom is 0.306 e. The molecule has 0 amide bonds. The van der Waals surface area contributed by atoms with Crippen LogP contribution in [0.5, 0.6) is 0 Å². The summed E-state index contributed by atoms with van der Waals surface area (Å²) in [6.07, 6.45) is 80.3. The van der Waals surface area contributed by atoms with E-state index < -0.39 is 6.10 Å². The fraction of sp³-hybridized carbons (Fsp3) is 0.746. The Balaban J connectivity index is 4.20. The number of allylic oxidation sites excluding steroid dienone is 14. The molecule has 0 aliphatic carbocycles. The number of unbranched alkanes of at least 4 members (excludes halogenated alkanes) is 31. The van der Waals surface area contributed by atoms with Gasteiger partial charge in [-0.1, -0.05) is 260 Å². The molecule has 0 aromatic rings. The molecule has 0 radical (unpaired) electrons. The van der Waals surface area contributed by atoms with Crippen LogP contribution in [0.4, 0.5) is 0 Å². The smallest absolute Gasteiger partial charge is 0.306 e. The first-order chi connectivity index (χ1) is 36.0. The molecule has 0 aromatic carbocycles. The fourth-order valence-corrected chi connectivity index (χ4v) is 8.68. The maximum atomic E-state index is 12.8. The summed E-state index contributed by atoms with van der Waals surface area (Å²) in [5, 5.41) is 0. The highest BCUT2D eigenvalue weighted by molar-refractivity contribution is 5.71. The lowest BCUT2D eigenvalue weighted by Crippen LogP contribution is -2.30. The monoisotopic (exact) mass is 1020 g/mol. The van der Waals surface area contributed by atoms with E-state index in [0.717, 1.165) is 116 Å². The minimum Gasteiger partial charge on any atom is -0.462 e. The van der Waals surface area contributed by atoms with Gasteiger partial charge in [0.15, 0.2) is 6.10 Å². The molecule has 0 heterocycles. The van der Waals surface area contributed by atoms with Gasteiger partial charge in [-0.15, -0.1) is 0 Å². The molecule has 0 saturated heterocycles. The first kappa shape index (κ1) is 69.6. The third kappa shape index (κ3) is 59.3. The third-order valence-corrected chi connectivity index (χ3v) is 13.4. The van der Waals surface area contributed by atoms with Gasteiger partial charge in [0.1, 0.15) is 13.2 Å². The van der Waals surface area contributed by atoms with Crippen molar-refractivity contribution in [2.75, 3.05) is 13.2 Å². The number of carbonyl (C=O) groups is 3. The van der Waals surface area contributed by atoms with E-state index in [4.69, 9.17) is 14.2 Å². The van der Waals surface area contributed by atoms with Crippen molar-refractivity contribution >= 4 is 17.9 Å². The number of carbonyl (C=O) groups excluding carboxylic acids is 3. The van der Waals surface area contributed by atoms with E-state index in [1.165, 1.54) is 148 Å². The lowest BCUT2D eigenvalue weighted by molar-refractivity contribution is -0.167. The van der Waals surface area contributed by atoms with Crippen LogP contribution >= 0.6 is 0 Å². The first-order valence-corrected chi connectivity index (χ1v) is 31.1. The molecule has 0 saturated carbocycles. The predicted octanol–water partition coefficient (Wildman–Crippen LogP) is 21.1. The van der Waals surface area contributed by atoms with Crippen LogP contribution < -0.4 is 0 Å². The van der Waals surface area contributed by atoms with E-state index in [0.29, 0.717) is 19.3 Å². The van der Waals surface area contributed by atoms with E-state index in [-0.39, 0.29) is 31.1 Å². The topological polar surface area (TPSA) is 78.9 Å². The average Bonchev–Trinajstić information content (AvgIpc) is 3.39. The number of hydrogen-bond acceptors (Lipinski definition) is 6. The number of hydrogen-bond donors (Lipinski definition) is 0. The third-order valence-electron chi connectivity index (χ3n) is 13.4. The van der Waals surface area contributed by atoms with Gasteiger partial charge < -0.3 is 14.2 Å². The molecule has 0 bridgehead atoms. The summed E-state index contributed by atoms with van der Waals surface area (Å²) in [5.74, 6) is -0.906. The highest BCUT2D eigenvalue weighted by atomic mass is 16.6. The number of ether oxygens (including phenoxy) is 3. The van der Waals surface area contributed by atoms with Crippen LogP contribution in [-0.2, 0) is 28.6 Å². The zero-order valence-corrected chi connectivity index (χ0v) is 48.1. The summed E-state index contributed by atoms with van der Waals surface area (Å²) in [7, 11) is 0. The Bertz CT molecular complexity index is 1400. The zero-order chi connectivity index (χ0) is 52.9. The Labute approximate surface area is 452 Å². The van der Waals surface area contributed by atoms with Crippen LogP contribution in [0.15, 0.2) is 85.1 Å². The molecule has 73 heavy (non-hydrogen) atoms. The molecule has 0 aliphatic rings. The van der Waals surface area contributed by atoms with Crippen molar-refractivity contribution in [3.63, 3.8) is 0 Å². The van der Waals surface area contributed by atoms with Crippen LogP contribution in [-0.4, -0.2) is 37.2 Å².